The lowest BCUT2D eigenvalue weighted by atomic mass is 9.67. The third kappa shape index (κ3) is 2.77. The van der Waals surface area contributed by atoms with Gasteiger partial charge in [-0.05, 0) is 62.8 Å². The molecule has 0 aromatic carbocycles. The molecule has 1 spiro atoms. The van der Waals surface area contributed by atoms with Gasteiger partial charge in [0.2, 0.25) is 0 Å². The van der Waals surface area contributed by atoms with E-state index in [2.05, 4.69) is 28.7 Å². The molecule has 0 aromatic heterocycles. The normalized spacial score (nSPS) is 33.4. The maximum atomic E-state index is 2.78. The zero-order valence-electron chi connectivity index (χ0n) is 14.1. The predicted molar refractivity (Wildman–Crippen MR) is 87.3 cm³/mol. The molecule has 3 nitrogen and oxygen atoms in total. The van der Waals surface area contributed by atoms with Crippen molar-refractivity contribution in [3.8, 4) is 0 Å². The highest BCUT2D eigenvalue weighted by Crippen LogP contribution is 2.52. The van der Waals surface area contributed by atoms with Crippen molar-refractivity contribution in [3.63, 3.8) is 0 Å². The van der Waals surface area contributed by atoms with Gasteiger partial charge in [-0.3, -0.25) is 9.80 Å². The molecule has 2 heterocycles. The molecule has 0 aromatic rings. The molecule has 4 rings (SSSR count). The maximum Gasteiger partial charge on any atom is 0.0507 e. The second kappa shape index (κ2) is 5.21. The van der Waals surface area contributed by atoms with Gasteiger partial charge in [0.15, 0.2) is 0 Å². The second-order valence-electron chi connectivity index (χ2n) is 8.76. The molecule has 4 aliphatic rings. The zero-order valence-corrected chi connectivity index (χ0v) is 14.1. The summed E-state index contributed by atoms with van der Waals surface area (Å²) < 4.78 is 0. The number of likely N-dealkylation sites (tertiary alicyclic amines) is 1. The van der Waals surface area contributed by atoms with Crippen molar-refractivity contribution in [2.75, 3.05) is 46.4 Å². The Balaban J connectivity index is 1.23. The van der Waals surface area contributed by atoms with E-state index in [0.29, 0.717) is 0 Å². The van der Waals surface area contributed by atoms with E-state index in [1.165, 1.54) is 84.3 Å². The first-order valence-electron chi connectivity index (χ1n) is 9.27. The molecule has 3 heteroatoms. The lowest BCUT2D eigenvalue weighted by molar-refractivity contribution is -0.0536. The Hall–Kier alpha value is -0.120. The molecule has 0 N–H and O–H groups in total. The van der Waals surface area contributed by atoms with Crippen LogP contribution in [0.25, 0.3) is 0 Å². The van der Waals surface area contributed by atoms with Gasteiger partial charge in [0.1, 0.15) is 0 Å². The summed E-state index contributed by atoms with van der Waals surface area (Å²) >= 11 is 0. The molecule has 0 atom stereocenters. The molecule has 2 saturated carbocycles. The monoisotopic (exact) mass is 291 g/mol. The van der Waals surface area contributed by atoms with Crippen LogP contribution in [-0.4, -0.2) is 67.2 Å². The predicted octanol–water partition coefficient (Wildman–Crippen LogP) is 2.63. The first-order valence-corrected chi connectivity index (χ1v) is 9.27. The van der Waals surface area contributed by atoms with Crippen molar-refractivity contribution < 1.29 is 0 Å². The topological polar surface area (TPSA) is 9.72 Å². The Bertz CT molecular complexity index is 374. The first kappa shape index (κ1) is 14.5. The molecular formula is C18H33N3. The van der Waals surface area contributed by atoms with Gasteiger partial charge < -0.3 is 4.90 Å². The second-order valence-corrected chi connectivity index (χ2v) is 8.76. The lowest BCUT2D eigenvalue weighted by Gasteiger charge is -2.55. The van der Waals surface area contributed by atoms with Gasteiger partial charge in [0.25, 0.3) is 0 Å². The number of nitrogens with zero attached hydrogens (tertiary/aromatic N) is 3. The minimum Gasteiger partial charge on any atom is -0.302 e. The highest BCUT2D eigenvalue weighted by molar-refractivity contribution is 5.03. The molecule has 21 heavy (non-hydrogen) atoms. The number of rotatable bonds is 4. The van der Waals surface area contributed by atoms with Crippen LogP contribution in [0.5, 0.6) is 0 Å². The minimum atomic E-state index is 0.728. The van der Waals surface area contributed by atoms with Crippen LogP contribution in [0.4, 0.5) is 0 Å². The van der Waals surface area contributed by atoms with E-state index in [1.807, 2.05) is 0 Å². The molecule has 0 amide bonds. The van der Waals surface area contributed by atoms with E-state index < -0.39 is 0 Å². The van der Waals surface area contributed by atoms with Gasteiger partial charge in [-0.25, -0.2) is 0 Å². The van der Waals surface area contributed by atoms with Gasteiger partial charge in [-0.2, -0.15) is 0 Å². The molecule has 2 aliphatic carbocycles. The Morgan fingerprint density at radius 1 is 1.00 bits per heavy atom. The van der Waals surface area contributed by atoms with Crippen LogP contribution in [-0.2, 0) is 0 Å². The van der Waals surface area contributed by atoms with Crippen molar-refractivity contribution >= 4 is 0 Å². The van der Waals surface area contributed by atoms with E-state index >= 15 is 0 Å². The quantitative estimate of drug-likeness (QED) is 0.788. The summed E-state index contributed by atoms with van der Waals surface area (Å²) in [6, 6.07) is 0.889. The van der Waals surface area contributed by atoms with Gasteiger partial charge in [0, 0.05) is 38.8 Å². The summed E-state index contributed by atoms with van der Waals surface area (Å²) in [7, 11) is 2.26. The van der Waals surface area contributed by atoms with Crippen LogP contribution >= 0.6 is 0 Å². The van der Waals surface area contributed by atoms with Crippen LogP contribution in [0.1, 0.15) is 51.9 Å². The maximum absolute atomic E-state index is 2.78. The Morgan fingerprint density at radius 3 is 2.24 bits per heavy atom. The third-order valence-corrected chi connectivity index (χ3v) is 7.11. The summed E-state index contributed by atoms with van der Waals surface area (Å²) in [4.78, 5) is 7.98. The Labute approximate surface area is 130 Å². The van der Waals surface area contributed by atoms with Crippen LogP contribution in [0, 0.1) is 10.8 Å². The molecule has 2 aliphatic heterocycles. The molecular weight excluding hydrogens is 258 g/mol. The van der Waals surface area contributed by atoms with E-state index in [9.17, 15) is 0 Å². The fraction of sp³-hybridized carbons (Fsp3) is 1.00. The molecule has 0 bridgehead atoms. The summed E-state index contributed by atoms with van der Waals surface area (Å²) in [5.41, 5.74) is 1.48. The van der Waals surface area contributed by atoms with E-state index in [1.54, 1.807) is 0 Å². The summed E-state index contributed by atoms with van der Waals surface area (Å²) in [6.07, 6.45) is 10.3. The van der Waals surface area contributed by atoms with Gasteiger partial charge in [0.05, 0.1) is 6.67 Å². The largest absolute Gasteiger partial charge is 0.302 e. The highest BCUT2D eigenvalue weighted by Gasteiger charge is 2.50. The van der Waals surface area contributed by atoms with Crippen molar-refractivity contribution in [1.29, 1.82) is 0 Å². The molecule has 4 fully saturated rings. The van der Waals surface area contributed by atoms with Crippen molar-refractivity contribution in [2.24, 2.45) is 10.8 Å². The summed E-state index contributed by atoms with van der Waals surface area (Å²) in [5, 5.41) is 0. The third-order valence-electron chi connectivity index (χ3n) is 7.11. The molecule has 120 valence electrons. The van der Waals surface area contributed by atoms with Crippen molar-refractivity contribution in [1.82, 2.24) is 14.7 Å². The van der Waals surface area contributed by atoms with Crippen LogP contribution in [0.3, 0.4) is 0 Å². The average molecular weight is 291 g/mol. The van der Waals surface area contributed by atoms with Crippen molar-refractivity contribution in [2.45, 2.75) is 57.9 Å². The van der Waals surface area contributed by atoms with Crippen LogP contribution in [0.15, 0.2) is 0 Å². The summed E-state index contributed by atoms with van der Waals surface area (Å²) in [6.45, 7) is 10.4. The number of likely N-dealkylation sites (N-methyl/N-ethyl adjacent to an activating group) is 1. The molecule has 2 saturated heterocycles. The number of hydrogen-bond donors (Lipinski definition) is 0. The van der Waals surface area contributed by atoms with Crippen LogP contribution < -0.4 is 0 Å². The standard InChI is InChI=1S/C18H33N3/c1-3-17(8-9-17)12-20-13-18(14-20)6-4-16(5-7-18)21-11-10-19(2)15-21/h16H,3-15H2,1-2H3. The highest BCUT2D eigenvalue weighted by atomic mass is 15.4. The smallest absolute Gasteiger partial charge is 0.0507 e. The fourth-order valence-electron chi connectivity index (χ4n) is 5.23. The SMILES string of the molecule is CCC1(CN2CC3(CCC(N4CCN(C)C4)CC3)C2)CC1. The van der Waals surface area contributed by atoms with E-state index in [-0.39, 0.29) is 0 Å². The Morgan fingerprint density at radius 2 is 1.71 bits per heavy atom. The Kier molecular flexibility index (Phi) is 3.59. The zero-order chi connectivity index (χ0) is 14.5. The minimum absolute atomic E-state index is 0.728. The van der Waals surface area contributed by atoms with Crippen LogP contribution in [0.2, 0.25) is 0 Å². The van der Waals surface area contributed by atoms with Gasteiger partial charge in [-0.1, -0.05) is 6.92 Å². The molecule has 0 unspecified atom stereocenters. The first-order chi connectivity index (χ1) is 10.1. The lowest BCUT2D eigenvalue weighted by Crippen LogP contribution is -2.59. The van der Waals surface area contributed by atoms with E-state index in [0.717, 1.165) is 16.9 Å². The van der Waals surface area contributed by atoms with Crippen molar-refractivity contribution in [3.05, 3.63) is 0 Å². The fourth-order valence-corrected chi connectivity index (χ4v) is 5.23. The van der Waals surface area contributed by atoms with Gasteiger partial charge in [-0.15, -0.1) is 0 Å². The molecule has 0 radical (unpaired) electrons. The number of hydrogen-bond acceptors (Lipinski definition) is 3. The van der Waals surface area contributed by atoms with Gasteiger partial charge >= 0.3 is 0 Å². The summed E-state index contributed by atoms with van der Waals surface area (Å²) in [5.74, 6) is 0. The van der Waals surface area contributed by atoms with E-state index in [4.69, 9.17) is 0 Å². The average Bonchev–Trinajstić information content (AvgIpc) is 3.11.